The van der Waals surface area contributed by atoms with Gasteiger partial charge in [0.15, 0.2) is 5.78 Å². The molecule has 2 fully saturated rings. The largest absolute Gasteiger partial charge is 0.390 e. The van der Waals surface area contributed by atoms with Gasteiger partial charge in [-0.2, -0.15) is 0 Å². The predicted octanol–water partition coefficient (Wildman–Crippen LogP) is 6.25. The zero-order valence-corrected chi connectivity index (χ0v) is 18.7. The van der Waals surface area contributed by atoms with E-state index in [9.17, 15) is 4.79 Å². The van der Waals surface area contributed by atoms with Gasteiger partial charge in [0, 0.05) is 34.7 Å². The third-order valence-electron chi connectivity index (χ3n) is 6.56. The summed E-state index contributed by atoms with van der Waals surface area (Å²) in [5, 5.41) is 4.04. The van der Waals surface area contributed by atoms with Crippen molar-refractivity contribution in [2.75, 3.05) is 12.3 Å². The van der Waals surface area contributed by atoms with E-state index in [1.165, 1.54) is 23.3 Å². The first-order chi connectivity index (χ1) is 14.5. The van der Waals surface area contributed by atoms with Crippen LogP contribution in [0.1, 0.15) is 45.8 Å². The smallest absolute Gasteiger partial charge is 0.196 e. The summed E-state index contributed by atoms with van der Waals surface area (Å²) in [5.41, 5.74) is 9.91. The predicted molar refractivity (Wildman–Crippen MR) is 125 cm³/mol. The molecule has 1 saturated heterocycles. The number of nitrogens with two attached hydrogens (primary N) is 1. The van der Waals surface area contributed by atoms with Crippen LogP contribution < -0.4 is 5.73 Å². The molecule has 2 aromatic carbocycles. The summed E-state index contributed by atoms with van der Waals surface area (Å²) in [5.74, 6) is 1.23. The molecule has 0 amide bonds. The van der Waals surface area contributed by atoms with Crippen LogP contribution in [-0.2, 0) is 6.54 Å². The van der Waals surface area contributed by atoms with Gasteiger partial charge in [-0.1, -0.05) is 35.3 Å². The zero-order chi connectivity index (χ0) is 20.8. The Hall–Kier alpha value is -1.85. The first kappa shape index (κ1) is 20.1. The Morgan fingerprint density at radius 1 is 1.03 bits per heavy atom. The molecule has 1 aliphatic heterocycles. The number of benzene rings is 2. The van der Waals surface area contributed by atoms with Gasteiger partial charge in [-0.05, 0) is 77.6 Å². The quantitative estimate of drug-likeness (QED) is 0.461. The van der Waals surface area contributed by atoms with Crippen LogP contribution in [-0.4, -0.2) is 23.3 Å². The lowest BCUT2D eigenvalue weighted by molar-refractivity contribution is 0.103. The monoisotopic (exact) mass is 456 g/mol. The molecule has 2 bridgehead atoms. The number of nitrogen functional groups attached to an aromatic ring is 1. The Kier molecular flexibility index (Phi) is 5.36. The van der Waals surface area contributed by atoms with Gasteiger partial charge in [0.2, 0.25) is 0 Å². The summed E-state index contributed by atoms with van der Waals surface area (Å²) >= 11 is 13.5. The summed E-state index contributed by atoms with van der Waals surface area (Å²) in [7, 11) is 0. The Morgan fingerprint density at radius 3 is 2.33 bits per heavy atom. The highest BCUT2D eigenvalue weighted by Gasteiger charge is 2.45. The normalized spacial score (nSPS) is 23.2. The maximum absolute atomic E-state index is 13.1. The number of piperidine rings is 1. The van der Waals surface area contributed by atoms with Crippen molar-refractivity contribution in [1.29, 1.82) is 0 Å². The lowest BCUT2D eigenvalue weighted by Gasteiger charge is -2.32. The number of likely N-dealkylation sites (tertiary alicyclic amines) is 1. The van der Waals surface area contributed by atoms with Crippen LogP contribution in [0.25, 0.3) is 0 Å². The van der Waals surface area contributed by atoms with E-state index in [2.05, 4.69) is 17.0 Å². The van der Waals surface area contributed by atoms with Gasteiger partial charge in [-0.15, -0.1) is 11.3 Å². The Balaban J connectivity index is 1.32. The van der Waals surface area contributed by atoms with E-state index in [4.69, 9.17) is 28.9 Å². The average molecular weight is 457 g/mol. The third-order valence-corrected chi connectivity index (χ3v) is 7.92. The van der Waals surface area contributed by atoms with Gasteiger partial charge in [-0.25, -0.2) is 0 Å². The van der Waals surface area contributed by atoms with Crippen LogP contribution in [0.15, 0.2) is 53.9 Å². The van der Waals surface area contributed by atoms with Crippen LogP contribution >= 0.6 is 34.5 Å². The van der Waals surface area contributed by atoms with Crippen LogP contribution in [0.3, 0.4) is 0 Å². The lowest BCUT2D eigenvalue weighted by Crippen LogP contribution is -2.34. The number of hydrogen-bond donors (Lipinski definition) is 1. The molecule has 3 aromatic rings. The van der Waals surface area contributed by atoms with E-state index in [1.807, 2.05) is 17.5 Å². The number of nitrogens with zero attached hydrogens (tertiary/aromatic N) is 1. The molecule has 5 rings (SSSR count). The molecular formula is C24H22Cl2N2OS. The fraction of sp³-hybridized carbons (Fsp3) is 0.292. The molecule has 2 aliphatic rings. The maximum Gasteiger partial charge on any atom is 0.196 e. The summed E-state index contributed by atoms with van der Waals surface area (Å²) in [6, 6.07) is 15.9. The maximum atomic E-state index is 13.1. The number of halogens is 2. The minimum absolute atomic E-state index is 0.0242. The average Bonchev–Trinajstić information content (AvgIpc) is 3.43. The molecule has 3 atom stereocenters. The summed E-state index contributed by atoms with van der Waals surface area (Å²) < 4.78 is 0. The van der Waals surface area contributed by atoms with Crippen LogP contribution in [0, 0.1) is 5.92 Å². The standard InChI is InChI=1S/C24H22Cl2N2OS/c25-18-5-1-14(2-6-18)21-10-20-9-16(21)11-28(20)12-17-13-30-24(27)22(17)23(29)15-3-7-19(26)8-4-15/h1-8,13,16,20-21H,9-12,27H2. The van der Waals surface area contributed by atoms with Crippen molar-refractivity contribution in [2.24, 2.45) is 5.92 Å². The second kappa shape index (κ2) is 8.01. The SMILES string of the molecule is Nc1scc(CN2CC3CC2CC3c2ccc(Cl)cc2)c1C(=O)c1ccc(Cl)cc1. The summed E-state index contributed by atoms with van der Waals surface area (Å²) in [6.07, 6.45) is 2.37. The van der Waals surface area contributed by atoms with Crippen molar-refractivity contribution in [3.8, 4) is 0 Å². The first-order valence-electron chi connectivity index (χ1n) is 10.1. The van der Waals surface area contributed by atoms with Crippen molar-refractivity contribution in [1.82, 2.24) is 4.90 Å². The van der Waals surface area contributed by atoms with Gasteiger partial charge < -0.3 is 5.73 Å². The zero-order valence-electron chi connectivity index (χ0n) is 16.4. The van der Waals surface area contributed by atoms with Gasteiger partial charge in [0.1, 0.15) is 0 Å². The van der Waals surface area contributed by atoms with Crippen molar-refractivity contribution in [2.45, 2.75) is 31.3 Å². The first-order valence-corrected chi connectivity index (χ1v) is 11.8. The Morgan fingerprint density at radius 2 is 1.70 bits per heavy atom. The molecule has 3 nitrogen and oxygen atoms in total. The highest BCUT2D eigenvalue weighted by atomic mass is 35.5. The van der Waals surface area contributed by atoms with E-state index in [0.29, 0.717) is 39.0 Å². The van der Waals surface area contributed by atoms with Crippen molar-refractivity contribution < 1.29 is 4.79 Å². The molecule has 3 unspecified atom stereocenters. The molecule has 6 heteroatoms. The highest BCUT2D eigenvalue weighted by molar-refractivity contribution is 7.14. The number of fused-ring (bicyclic) bond motifs is 2. The van der Waals surface area contributed by atoms with E-state index >= 15 is 0 Å². The highest BCUT2D eigenvalue weighted by Crippen LogP contribution is 2.48. The van der Waals surface area contributed by atoms with Gasteiger partial charge in [-0.3, -0.25) is 9.69 Å². The summed E-state index contributed by atoms with van der Waals surface area (Å²) in [6.45, 7) is 1.83. The fourth-order valence-corrected chi connectivity index (χ4v) is 6.16. The van der Waals surface area contributed by atoms with Crippen LogP contribution in [0.4, 0.5) is 5.00 Å². The third kappa shape index (κ3) is 3.67. The molecule has 2 N–H and O–H groups in total. The second-order valence-electron chi connectivity index (χ2n) is 8.31. The number of rotatable bonds is 5. The molecule has 1 aromatic heterocycles. The van der Waals surface area contributed by atoms with Crippen LogP contribution in [0.2, 0.25) is 10.0 Å². The van der Waals surface area contributed by atoms with Crippen molar-refractivity contribution in [3.63, 3.8) is 0 Å². The molecule has 154 valence electrons. The van der Waals surface area contributed by atoms with E-state index in [0.717, 1.165) is 30.1 Å². The fourth-order valence-electron chi connectivity index (χ4n) is 5.11. The van der Waals surface area contributed by atoms with Gasteiger partial charge in [0.05, 0.1) is 10.6 Å². The molecule has 2 heterocycles. The molecule has 0 spiro atoms. The van der Waals surface area contributed by atoms with Gasteiger partial charge >= 0.3 is 0 Å². The van der Waals surface area contributed by atoms with Gasteiger partial charge in [0.25, 0.3) is 0 Å². The molecule has 1 aliphatic carbocycles. The Bertz CT molecular complexity index is 1080. The molecule has 30 heavy (non-hydrogen) atoms. The van der Waals surface area contributed by atoms with Crippen molar-refractivity contribution in [3.05, 3.63) is 86.2 Å². The Labute approximate surface area is 190 Å². The number of carbonyl (C=O) groups is 1. The number of thiophene rings is 1. The molecular weight excluding hydrogens is 435 g/mol. The topological polar surface area (TPSA) is 46.3 Å². The second-order valence-corrected chi connectivity index (χ2v) is 10.1. The lowest BCUT2D eigenvalue weighted by atomic mass is 9.87. The minimum Gasteiger partial charge on any atom is -0.390 e. The summed E-state index contributed by atoms with van der Waals surface area (Å²) in [4.78, 5) is 15.6. The van der Waals surface area contributed by atoms with Crippen molar-refractivity contribution >= 4 is 45.3 Å². The number of anilines is 1. The van der Waals surface area contributed by atoms with Crippen LogP contribution in [0.5, 0.6) is 0 Å². The minimum atomic E-state index is -0.0242. The van der Waals surface area contributed by atoms with E-state index < -0.39 is 0 Å². The number of hydrogen-bond acceptors (Lipinski definition) is 4. The molecule has 0 radical (unpaired) electrons. The molecule has 1 saturated carbocycles. The number of ketones is 1. The number of carbonyl (C=O) groups excluding carboxylic acids is 1. The van der Waals surface area contributed by atoms with E-state index in [1.54, 1.807) is 24.3 Å². The van der Waals surface area contributed by atoms with E-state index in [-0.39, 0.29) is 5.78 Å².